The predicted molar refractivity (Wildman–Crippen MR) is 73.1 cm³/mol. The summed E-state index contributed by atoms with van der Waals surface area (Å²) in [6, 6.07) is 9.38. The molecule has 1 heterocycles. The summed E-state index contributed by atoms with van der Waals surface area (Å²) in [5.74, 6) is 0.248. The summed E-state index contributed by atoms with van der Waals surface area (Å²) in [6.45, 7) is 3.93. The number of carbonyl (C=O) groups excluding carboxylic acids is 2. The summed E-state index contributed by atoms with van der Waals surface area (Å²) in [5.41, 5.74) is 3.39. The molecule has 1 fully saturated rings. The largest absolute Gasteiger partial charge is 0.443 e. The second kappa shape index (κ2) is 5.52. The number of hydrogen-bond acceptors (Lipinski definition) is 4. The molecule has 2 amide bonds. The molecule has 0 spiro atoms. The Bertz CT molecular complexity index is 476. The maximum Gasteiger partial charge on any atom is 0.426 e. The number of rotatable bonds is 3. The van der Waals surface area contributed by atoms with Gasteiger partial charge in [0.25, 0.3) is 5.91 Å². The quantitative estimate of drug-likeness (QED) is 0.921. The van der Waals surface area contributed by atoms with Crippen molar-refractivity contribution >= 4 is 23.8 Å². The number of amides is 2. The lowest BCUT2D eigenvalue weighted by Gasteiger charge is -2.29. The lowest BCUT2D eigenvalue weighted by atomic mass is 10.2. The lowest BCUT2D eigenvalue weighted by Crippen LogP contribution is -2.51. The van der Waals surface area contributed by atoms with Crippen LogP contribution in [0.1, 0.15) is 19.4 Å². The van der Waals surface area contributed by atoms with Gasteiger partial charge in [0.2, 0.25) is 0 Å². The first-order valence-corrected chi connectivity index (χ1v) is 6.92. The fourth-order valence-electron chi connectivity index (χ4n) is 1.71. The zero-order valence-corrected chi connectivity index (χ0v) is 11.7. The molecule has 1 aromatic rings. The molecule has 1 N–H and O–H groups in total. The van der Waals surface area contributed by atoms with Crippen LogP contribution >= 0.6 is 11.8 Å². The van der Waals surface area contributed by atoms with E-state index in [2.05, 4.69) is 5.43 Å². The van der Waals surface area contributed by atoms with Gasteiger partial charge in [0.05, 0.1) is 5.75 Å². The molecule has 0 aromatic heterocycles. The molecule has 6 heteroatoms. The molecule has 5 nitrogen and oxygen atoms in total. The maximum atomic E-state index is 11.7. The molecule has 1 aliphatic rings. The number of ether oxygens (including phenoxy) is 1. The summed E-state index contributed by atoms with van der Waals surface area (Å²) in [4.78, 5) is 22.9. The van der Waals surface area contributed by atoms with Crippen LogP contribution in [0, 0.1) is 0 Å². The van der Waals surface area contributed by atoms with Gasteiger partial charge in [-0.2, -0.15) is 0 Å². The van der Waals surface area contributed by atoms with E-state index in [1.165, 1.54) is 16.8 Å². The minimum Gasteiger partial charge on any atom is -0.443 e. The van der Waals surface area contributed by atoms with Crippen LogP contribution in [-0.2, 0) is 16.1 Å². The first kappa shape index (κ1) is 13.7. The van der Waals surface area contributed by atoms with E-state index in [-0.39, 0.29) is 12.5 Å². The average Bonchev–Trinajstić information content (AvgIpc) is 2.65. The van der Waals surface area contributed by atoms with Gasteiger partial charge in [0.15, 0.2) is 0 Å². The van der Waals surface area contributed by atoms with Crippen LogP contribution in [0.25, 0.3) is 0 Å². The number of thioether (sulfide) groups is 1. The van der Waals surface area contributed by atoms with Gasteiger partial charge in [-0.3, -0.25) is 4.79 Å². The first-order valence-electron chi connectivity index (χ1n) is 5.93. The van der Waals surface area contributed by atoms with Crippen LogP contribution < -0.4 is 5.43 Å². The van der Waals surface area contributed by atoms with Crippen LogP contribution in [0.15, 0.2) is 30.3 Å². The minimum absolute atomic E-state index is 0.119. The van der Waals surface area contributed by atoms with Crippen LogP contribution in [0.2, 0.25) is 0 Å². The van der Waals surface area contributed by atoms with E-state index in [1.54, 1.807) is 0 Å². The molecule has 1 saturated heterocycles. The van der Waals surface area contributed by atoms with Crippen molar-refractivity contribution in [3.63, 3.8) is 0 Å². The number of benzene rings is 1. The molecule has 0 saturated carbocycles. The molecular formula is C13H16N2O3S. The second-order valence-electron chi connectivity index (χ2n) is 4.64. The Kier molecular flexibility index (Phi) is 3.99. The van der Waals surface area contributed by atoms with E-state index < -0.39 is 11.0 Å². The van der Waals surface area contributed by atoms with Crippen LogP contribution in [0.5, 0.6) is 0 Å². The van der Waals surface area contributed by atoms with Crippen molar-refractivity contribution in [1.82, 2.24) is 10.4 Å². The lowest BCUT2D eigenvalue weighted by molar-refractivity contribution is -0.132. The Morgan fingerprint density at radius 1 is 1.42 bits per heavy atom. The molecular weight excluding hydrogens is 264 g/mol. The molecule has 1 aliphatic heterocycles. The third kappa shape index (κ3) is 3.41. The van der Waals surface area contributed by atoms with Crippen LogP contribution in [0.4, 0.5) is 4.79 Å². The van der Waals surface area contributed by atoms with E-state index >= 15 is 0 Å². The molecule has 2 rings (SSSR count). The van der Waals surface area contributed by atoms with Crippen molar-refractivity contribution in [2.24, 2.45) is 0 Å². The molecule has 0 bridgehead atoms. The number of hydrazine groups is 1. The molecule has 0 radical (unpaired) electrons. The summed E-state index contributed by atoms with van der Waals surface area (Å²) >= 11 is 1.48. The maximum absolute atomic E-state index is 11.7. The zero-order chi connectivity index (χ0) is 13.9. The van der Waals surface area contributed by atoms with Gasteiger partial charge in [-0.25, -0.2) is 15.2 Å². The highest BCUT2D eigenvalue weighted by molar-refractivity contribution is 8.01. The highest BCUT2D eigenvalue weighted by Crippen LogP contribution is 2.33. The molecule has 19 heavy (non-hydrogen) atoms. The average molecular weight is 280 g/mol. The Morgan fingerprint density at radius 3 is 2.68 bits per heavy atom. The Hall–Kier alpha value is -1.69. The van der Waals surface area contributed by atoms with Gasteiger partial charge in [-0.15, -0.1) is 11.8 Å². The summed E-state index contributed by atoms with van der Waals surface area (Å²) < 4.78 is 5.08. The van der Waals surface area contributed by atoms with E-state index in [1.807, 2.05) is 44.2 Å². The molecule has 0 unspecified atom stereocenters. The van der Waals surface area contributed by atoms with Crippen LogP contribution in [-0.4, -0.2) is 27.6 Å². The van der Waals surface area contributed by atoms with Gasteiger partial charge < -0.3 is 4.74 Å². The van der Waals surface area contributed by atoms with Gasteiger partial charge in [-0.05, 0) is 19.4 Å². The number of carbonyl (C=O) groups is 2. The summed E-state index contributed by atoms with van der Waals surface area (Å²) in [5, 5.41) is 1.32. The van der Waals surface area contributed by atoms with Crippen molar-refractivity contribution in [3.8, 4) is 0 Å². The predicted octanol–water partition coefficient (Wildman–Crippen LogP) is 2.14. The van der Waals surface area contributed by atoms with Crippen molar-refractivity contribution in [3.05, 3.63) is 35.9 Å². The van der Waals surface area contributed by atoms with E-state index in [9.17, 15) is 9.59 Å². The Morgan fingerprint density at radius 2 is 2.11 bits per heavy atom. The zero-order valence-electron chi connectivity index (χ0n) is 10.9. The van der Waals surface area contributed by atoms with Gasteiger partial charge in [0, 0.05) is 0 Å². The summed E-state index contributed by atoms with van der Waals surface area (Å²) in [6.07, 6.45) is -0.618. The smallest absolute Gasteiger partial charge is 0.426 e. The summed E-state index contributed by atoms with van der Waals surface area (Å²) in [7, 11) is 0. The Balaban J connectivity index is 1.86. The first-order chi connectivity index (χ1) is 8.99. The van der Waals surface area contributed by atoms with E-state index in [0.29, 0.717) is 5.75 Å². The number of nitrogens with one attached hydrogen (secondary N) is 1. The van der Waals surface area contributed by atoms with Crippen molar-refractivity contribution < 1.29 is 14.3 Å². The van der Waals surface area contributed by atoms with Gasteiger partial charge in [0.1, 0.15) is 11.5 Å². The van der Waals surface area contributed by atoms with Crippen molar-refractivity contribution in [1.29, 1.82) is 0 Å². The minimum atomic E-state index is -0.618. The normalized spacial score (nSPS) is 17.4. The highest BCUT2D eigenvalue weighted by atomic mass is 32.2. The van der Waals surface area contributed by atoms with Gasteiger partial charge in [-0.1, -0.05) is 30.3 Å². The fraction of sp³-hybridized carbons (Fsp3) is 0.385. The topological polar surface area (TPSA) is 58.6 Å². The molecule has 0 atom stereocenters. The highest BCUT2D eigenvalue weighted by Gasteiger charge is 2.40. The van der Waals surface area contributed by atoms with Crippen molar-refractivity contribution in [2.45, 2.75) is 25.3 Å². The molecule has 0 aliphatic carbocycles. The van der Waals surface area contributed by atoms with E-state index in [4.69, 9.17) is 4.74 Å². The van der Waals surface area contributed by atoms with Gasteiger partial charge >= 0.3 is 6.09 Å². The SMILES string of the molecule is CC1(C)SCC(=O)N1NC(=O)OCc1ccccc1. The molecule has 102 valence electrons. The standard InChI is InChI=1S/C13H16N2O3S/c1-13(2)15(11(16)9-19-13)14-12(17)18-8-10-6-4-3-5-7-10/h3-7H,8-9H2,1-2H3,(H,14,17). The van der Waals surface area contributed by atoms with E-state index in [0.717, 1.165) is 5.56 Å². The Labute approximate surface area is 116 Å². The second-order valence-corrected chi connectivity index (χ2v) is 6.21. The van der Waals surface area contributed by atoms with Crippen LogP contribution in [0.3, 0.4) is 0 Å². The fourth-order valence-corrected chi connectivity index (χ4v) is 2.59. The number of nitrogens with zero attached hydrogens (tertiary/aromatic N) is 1. The van der Waals surface area contributed by atoms with Crippen molar-refractivity contribution in [2.75, 3.05) is 5.75 Å². The third-order valence-electron chi connectivity index (χ3n) is 2.75. The number of hydrogen-bond donors (Lipinski definition) is 1. The third-order valence-corrected chi connectivity index (χ3v) is 4.03. The molecule has 1 aromatic carbocycles. The monoisotopic (exact) mass is 280 g/mol.